The zero-order valence-corrected chi connectivity index (χ0v) is 12.9. The van der Waals surface area contributed by atoms with Crippen LogP contribution in [-0.4, -0.2) is 12.7 Å². The van der Waals surface area contributed by atoms with Crippen molar-refractivity contribution in [3.63, 3.8) is 0 Å². The van der Waals surface area contributed by atoms with E-state index in [9.17, 15) is 0 Å². The van der Waals surface area contributed by atoms with E-state index >= 15 is 0 Å². The number of halogens is 1. The summed E-state index contributed by atoms with van der Waals surface area (Å²) in [4.78, 5) is 0. The molecule has 2 heteroatoms. The predicted molar refractivity (Wildman–Crippen MR) is 85.4 cm³/mol. The van der Waals surface area contributed by atoms with E-state index in [-0.39, 0.29) is 5.38 Å². The molecule has 1 aliphatic rings. The zero-order chi connectivity index (χ0) is 14.1. The van der Waals surface area contributed by atoms with E-state index in [1.54, 1.807) is 0 Å². The van der Waals surface area contributed by atoms with Gasteiger partial charge >= 0.3 is 0 Å². The van der Waals surface area contributed by atoms with E-state index in [1.165, 1.54) is 21.9 Å². The normalized spacial score (nSPS) is 24.1. The molecule has 0 aliphatic carbocycles. The number of aryl methyl sites for hydroxylation is 1. The Balaban J connectivity index is 2.04. The molecule has 3 rings (SSSR count). The van der Waals surface area contributed by atoms with Crippen molar-refractivity contribution in [1.29, 1.82) is 0 Å². The van der Waals surface area contributed by atoms with Crippen LogP contribution in [0.25, 0.3) is 10.8 Å². The molecular formula is C18H21ClO. The fourth-order valence-electron chi connectivity index (χ4n) is 3.36. The maximum atomic E-state index is 6.84. The highest BCUT2D eigenvalue weighted by atomic mass is 35.5. The first-order valence-corrected chi connectivity index (χ1v) is 7.90. The molecule has 1 aliphatic heterocycles. The van der Waals surface area contributed by atoms with E-state index in [0.29, 0.717) is 12.0 Å². The van der Waals surface area contributed by atoms with Crippen molar-refractivity contribution in [3.05, 3.63) is 47.5 Å². The number of ether oxygens (including phenoxy) is 1. The Kier molecular flexibility index (Phi) is 4.00. The van der Waals surface area contributed by atoms with Gasteiger partial charge in [0.2, 0.25) is 0 Å². The van der Waals surface area contributed by atoms with Gasteiger partial charge in [0.1, 0.15) is 0 Å². The molecule has 0 saturated carbocycles. The molecule has 1 saturated heterocycles. The Bertz CT molecular complexity index is 607. The van der Waals surface area contributed by atoms with Crippen molar-refractivity contribution >= 4 is 22.4 Å². The van der Waals surface area contributed by atoms with Gasteiger partial charge < -0.3 is 4.74 Å². The van der Waals surface area contributed by atoms with Crippen LogP contribution in [0, 0.1) is 12.8 Å². The third-order valence-electron chi connectivity index (χ3n) is 4.51. The van der Waals surface area contributed by atoms with Crippen molar-refractivity contribution in [3.8, 4) is 0 Å². The van der Waals surface area contributed by atoms with E-state index in [2.05, 4.69) is 50.2 Å². The average Bonchev–Trinajstić information content (AvgIpc) is 2.96. The van der Waals surface area contributed by atoms with Crippen molar-refractivity contribution in [2.24, 2.45) is 5.92 Å². The smallest absolute Gasteiger partial charge is 0.0645 e. The Morgan fingerprint density at radius 3 is 2.70 bits per heavy atom. The van der Waals surface area contributed by atoms with Crippen molar-refractivity contribution < 1.29 is 4.74 Å². The molecule has 0 spiro atoms. The first-order valence-electron chi connectivity index (χ1n) is 7.46. The lowest BCUT2D eigenvalue weighted by atomic mass is 9.88. The maximum Gasteiger partial charge on any atom is 0.0645 e. The van der Waals surface area contributed by atoms with Gasteiger partial charge in [-0.05, 0) is 41.7 Å². The predicted octanol–water partition coefficient (Wildman–Crippen LogP) is 5.24. The second kappa shape index (κ2) is 5.75. The lowest BCUT2D eigenvalue weighted by Crippen LogP contribution is -2.19. The summed E-state index contributed by atoms with van der Waals surface area (Å²) in [6.07, 6.45) is 2.41. The third kappa shape index (κ3) is 2.34. The van der Waals surface area contributed by atoms with Crippen LogP contribution in [-0.2, 0) is 4.74 Å². The summed E-state index contributed by atoms with van der Waals surface area (Å²) in [5.74, 6) is 0.424. The van der Waals surface area contributed by atoms with E-state index < -0.39 is 0 Å². The second-order valence-corrected chi connectivity index (χ2v) is 6.16. The van der Waals surface area contributed by atoms with Crippen molar-refractivity contribution in [2.45, 2.75) is 38.2 Å². The highest BCUT2D eigenvalue weighted by Crippen LogP contribution is 2.41. The molecule has 3 atom stereocenters. The summed E-state index contributed by atoms with van der Waals surface area (Å²) in [6.45, 7) is 5.18. The summed E-state index contributed by atoms with van der Waals surface area (Å²) in [6, 6.07) is 12.9. The minimum atomic E-state index is 0.0351. The van der Waals surface area contributed by atoms with Gasteiger partial charge in [-0.3, -0.25) is 0 Å². The number of benzene rings is 2. The summed E-state index contributed by atoms with van der Waals surface area (Å²) < 4.78 is 5.81. The van der Waals surface area contributed by atoms with Gasteiger partial charge in [0.25, 0.3) is 0 Å². The van der Waals surface area contributed by atoms with Crippen LogP contribution in [0.1, 0.15) is 36.3 Å². The summed E-state index contributed by atoms with van der Waals surface area (Å²) in [5, 5.41) is 2.63. The Morgan fingerprint density at radius 2 is 1.95 bits per heavy atom. The molecule has 3 unspecified atom stereocenters. The standard InChI is InChI=1S/C18H21ClO/c1-3-17-16(10-11-20-17)18(19)15-9-8-12(2)13-6-4-5-7-14(13)15/h4-9,16-18H,3,10-11H2,1-2H3. The van der Waals surface area contributed by atoms with Gasteiger partial charge in [-0.2, -0.15) is 0 Å². The molecule has 0 amide bonds. The van der Waals surface area contributed by atoms with E-state index in [1.807, 2.05) is 0 Å². The molecular weight excluding hydrogens is 268 g/mol. The van der Waals surface area contributed by atoms with Crippen LogP contribution in [0.15, 0.2) is 36.4 Å². The largest absolute Gasteiger partial charge is 0.378 e. The second-order valence-electron chi connectivity index (χ2n) is 5.69. The molecule has 2 aromatic carbocycles. The van der Waals surface area contributed by atoms with Crippen molar-refractivity contribution in [1.82, 2.24) is 0 Å². The highest BCUT2D eigenvalue weighted by Gasteiger charge is 2.34. The van der Waals surface area contributed by atoms with Crippen LogP contribution < -0.4 is 0 Å². The fourth-order valence-corrected chi connectivity index (χ4v) is 3.84. The molecule has 0 aromatic heterocycles. The van der Waals surface area contributed by atoms with Gasteiger partial charge in [0.15, 0.2) is 0 Å². The van der Waals surface area contributed by atoms with Gasteiger partial charge in [0.05, 0.1) is 11.5 Å². The Morgan fingerprint density at radius 1 is 1.20 bits per heavy atom. The third-order valence-corrected chi connectivity index (χ3v) is 5.07. The molecule has 0 radical (unpaired) electrons. The summed E-state index contributed by atoms with van der Waals surface area (Å²) >= 11 is 6.84. The van der Waals surface area contributed by atoms with Gasteiger partial charge in [-0.1, -0.05) is 43.3 Å². The van der Waals surface area contributed by atoms with Crippen molar-refractivity contribution in [2.75, 3.05) is 6.61 Å². The van der Waals surface area contributed by atoms with E-state index in [4.69, 9.17) is 16.3 Å². The SMILES string of the molecule is CCC1OCCC1C(Cl)c1ccc(C)c2ccccc12. The molecule has 1 fully saturated rings. The number of hydrogen-bond donors (Lipinski definition) is 0. The first kappa shape index (κ1) is 13.9. The lowest BCUT2D eigenvalue weighted by molar-refractivity contribution is 0.0865. The van der Waals surface area contributed by atoms with Gasteiger partial charge in [-0.25, -0.2) is 0 Å². The number of hydrogen-bond acceptors (Lipinski definition) is 1. The highest BCUT2D eigenvalue weighted by molar-refractivity contribution is 6.22. The summed E-state index contributed by atoms with van der Waals surface area (Å²) in [7, 11) is 0. The molecule has 0 N–H and O–H groups in total. The molecule has 0 bridgehead atoms. The molecule has 20 heavy (non-hydrogen) atoms. The lowest BCUT2D eigenvalue weighted by Gasteiger charge is -2.24. The first-order chi connectivity index (χ1) is 9.72. The Hall–Kier alpha value is -1.05. The average molecular weight is 289 g/mol. The van der Waals surface area contributed by atoms with Gasteiger partial charge in [-0.15, -0.1) is 11.6 Å². The topological polar surface area (TPSA) is 9.23 Å². The fraction of sp³-hybridized carbons (Fsp3) is 0.444. The van der Waals surface area contributed by atoms with Crippen LogP contribution in [0.2, 0.25) is 0 Å². The number of rotatable bonds is 3. The van der Waals surface area contributed by atoms with Crippen LogP contribution in [0.5, 0.6) is 0 Å². The van der Waals surface area contributed by atoms with Gasteiger partial charge in [0, 0.05) is 12.5 Å². The molecule has 1 heterocycles. The minimum Gasteiger partial charge on any atom is -0.378 e. The molecule has 2 aromatic rings. The monoisotopic (exact) mass is 288 g/mol. The molecule has 1 nitrogen and oxygen atoms in total. The molecule has 106 valence electrons. The van der Waals surface area contributed by atoms with Crippen LogP contribution in [0.4, 0.5) is 0 Å². The number of fused-ring (bicyclic) bond motifs is 1. The quantitative estimate of drug-likeness (QED) is 0.702. The maximum absolute atomic E-state index is 6.84. The minimum absolute atomic E-state index is 0.0351. The Labute approximate surface area is 125 Å². The van der Waals surface area contributed by atoms with Crippen LogP contribution in [0.3, 0.4) is 0 Å². The van der Waals surface area contributed by atoms with Crippen LogP contribution >= 0.6 is 11.6 Å². The zero-order valence-electron chi connectivity index (χ0n) is 12.1. The van der Waals surface area contributed by atoms with E-state index in [0.717, 1.165) is 19.4 Å². The number of alkyl halides is 1. The summed E-state index contributed by atoms with van der Waals surface area (Å²) in [5.41, 5.74) is 2.56.